The molecule has 0 radical (unpaired) electrons. The monoisotopic (exact) mass is 199 g/mol. The first-order valence-corrected chi connectivity index (χ1v) is 6.10. The van der Waals surface area contributed by atoms with Gasteiger partial charge in [-0.1, -0.05) is 32.6 Å². The molecule has 1 N–H and O–H groups in total. The largest absolute Gasteiger partial charge is 0.383 e. The van der Waals surface area contributed by atoms with Crippen molar-refractivity contribution in [3.8, 4) is 0 Å². The second-order valence-electron chi connectivity index (χ2n) is 4.37. The molecule has 0 spiro atoms. The summed E-state index contributed by atoms with van der Waals surface area (Å²) in [6.45, 7) is 4.11. The quantitative estimate of drug-likeness (QED) is 0.687. The SMILES string of the molecule is CCNC(COC)C1CCCCCC1. The van der Waals surface area contributed by atoms with Gasteiger partial charge in [-0.2, -0.15) is 0 Å². The lowest BCUT2D eigenvalue weighted by atomic mass is 9.92. The fourth-order valence-corrected chi connectivity index (χ4v) is 2.52. The van der Waals surface area contributed by atoms with Crippen LogP contribution in [0.4, 0.5) is 0 Å². The topological polar surface area (TPSA) is 21.3 Å². The number of methoxy groups -OCH3 is 1. The van der Waals surface area contributed by atoms with Crippen LogP contribution in [0, 0.1) is 5.92 Å². The van der Waals surface area contributed by atoms with Crippen molar-refractivity contribution in [2.45, 2.75) is 51.5 Å². The molecule has 0 aromatic carbocycles. The third-order valence-corrected chi connectivity index (χ3v) is 3.28. The molecule has 1 aliphatic rings. The van der Waals surface area contributed by atoms with Gasteiger partial charge in [0.05, 0.1) is 6.61 Å². The van der Waals surface area contributed by atoms with E-state index in [4.69, 9.17) is 4.74 Å². The summed E-state index contributed by atoms with van der Waals surface area (Å²) in [6.07, 6.45) is 8.47. The van der Waals surface area contributed by atoms with Crippen molar-refractivity contribution < 1.29 is 4.74 Å². The van der Waals surface area contributed by atoms with E-state index in [-0.39, 0.29) is 0 Å². The number of hydrogen-bond acceptors (Lipinski definition) is 2. The average molecular weight is 199 g/mol. The van der Waals surface area contributed by atoms with E-state index in [1.54, 1.807) is 7.11 Å². The van der Waals surface area contributed by atoms with E-state index in [0.29, 0.717) is 6.04 Å². The number of likely N-dealkylation sites (N-methyl/N-ethyl adjacent to an activating group) is 1. The molecule has 2 heteroatoms. The zero-order chi connectivity index (χ0) is 10.2. The molecule has 0 saturated heterocycles. The molecule has 0 amide bonds. The molecule has 0 heterocycles. The van der Waals surface area contributed by atoms with Gasteiger partial charge in [-0.25, -0.2) is 0 Å². The van der Waals surface area contributed by atoms with Crippen LogP contribution in [0.15, 0.2) is 0 Å². The Kier molecular flexibility index (Phi) is 6.20. The molecule has 0 aliphatic heterocycles. The third-order valence-electron chi connectivity index (χ3n) is 3.28. The van der Waals surface area contributed by atoms with Gasteiger partial charge in [0.15, 0.2) is 0 Å². The van der Waals surface area contributed by atoms with Gasteiger partial charge in [0.1, 0.15) is 0 Å². The lowest BCUT2D eigenvalue weighted by Gasteiger charge is -2.26. The van der Waals surface area contributed by atoms with E-state index in [1.165, 1.54) is 38.5 Å². The Morgan fingerprint density at radius 1 is 1.21 bits per heavy atom. The highest BCUT2D eigenvalue weighted by molar-refractivity contribution is 4.77. The maximum Gasteiger partial charge on any atom is 0.0618 e. The Bertz CT molecular complexity index is 124. The maximum absolute atomic E-state index is 5.29. The van der Waals surface area contributed by atoms with Crippen molar-refractivity contribution in [1.82, 2.24) is 5.32 Å². The van der Waals surface area contributed by atoms with Crippen LogP contribution in [-0.4, -0.2) is 26.3 Å². The van der Waals surface area contributed by atoms with Crippen LogP contribution in [-0.2, 0) is 4.74 Å². The summed E-state index contributed by atoms with van der Waals surface area (Å²) >= 11 is 0. The lowest BCUT2D eigenvalue weighted by molar-refractivity contribution is 0.135. The molecule has 1 rings (SSSR count). The summed E-state index contributed by atoms with van der Waals surface area (Å²) < 4.78 is 5.29. The third kappa shape index (κ3) is 3.97. The zero-order valence-electron chi connectivity index (χ0n) is 9.72. The van der Waals surface area contributed by atoms with Gasteiger partial charge < -0.3 is 10.1 Å². The van der Waals surface area contributed by atoms with Crippen molar-refractivity contribution in [2.75, 3.05) is 20.3 Å². The van der Waals surface area contributed by atoms with Gasteiger partial charge in [-0.3, -0.25) is 0 Å². The minimum absolute atomic E-state index is 0.586. The highest BCUT2D eigenvalue weighted by atomic mass is 16.5. The normalized spacial score (nSPS) is 21.9. The molecule has 1 aliphatic carbocycles. The number of ether oxygens (including phenoxy) is 1. The Labute approximate surface area is 88.4 Å². The van der Waals surface area contributed by atoms with Gasteiger partial charge in [-0.05, 0) is 25.3 Å². The van der Waals surface area contributed by atoms with Crippen molar-refractivity contribution in [1.29, 1.82) is 0 Å². The predicted octanol–water partition coefficient (Wildman–Crippen LogP) is 2.58. The number of nitrogens with one attached hydrogen (secondary N) is 1. The molecule has 1 unspecified atom stereocenters. The molecular weight excluding hydrogens is 174 g/mol. The lowest BCUT2D eigenvalue weighted by Crippen LogP contribution is -2.39. The highest BCUT2D eigenvalue weighted by Crippen LogP contribution is 2.25. The fraction of sp³-hybridized carbons (Fsp3) is 1.00. The van der Waals surface area contributed by atoms with E-state index < -0.39 is 0 Å². The minimum Gasteiger partial charge on any atom is -0.383 e. The predicted molar refractivity (Wildman–Crippen MR) is 60.5 cm³/mol. The molecule has 0 bridgehead atoms. The molecule has 0 aromatic rings. The van der Waals surface area contributed by atoms with Crippen molar-refractivity contribution in [2.24, 2.45) is 5.92 Å². The standard InChI is InChI=1S/C12H25NO/c1-3-13-12(10-14-2)11-8-6-4-5-7-9-11/h11-13H,3-10H2,1-2H3. The van der Waals surface area contributed by atoms with Crippen molar-refractivity contribution >= 4 is 0 Å². The molecule has 84 valence electrons. The van der Waals surface area contributed by atoms with Gasteiger partial charge in [0.2, 0.25) is 0 Å². The number of rotatable bonds is 5. The summed E-state index contributed by atoms with van der Waals surface area (Å²) in [7, 11) is 1.81. The second-order valence-corrected chi connectivity index (χ2v) is 4.37. The Hall–Kier alpha value is -0.0800. The molecule has 14 heavy (non-hydrogen) atoms. The van der Waals surface area contributed by atoms with Gasteiger partial charge in [-0.15, -0.1) is 0 Å². The molecule has 1 fully saturated rings. The summed E-state index contributed by atoms with van der Waals surface area (Å²) in [4.78, 5) is 0. The van der Waals surface area contributed by atoms with Gasteiger partial charge in [0.25, 0.3) is 0 Å². The molecule has 2 nitrogen and oxygen atoms in total. The first-order chi connectivity index (χ1) is 6.88. The first kappa shape index (κ1) is 12.0. The molecule has 1 atom stereocenters. The van der Waals surface area contributed by atoms with Crippen LogP contribution in [0.2, 0.25) is 0 Å². The highest BCUT2D eigenvalue weighted by Gasteiger charge is 2.21. The van der Waals surface area contributed by atoms with Gasteiger partial charge in [0, 0.05) is 13.2 Å². The van der Waals surface area contributed by atoms with E-state index in [2.05, 4.69) is 12.2 Å². The van der Waals surface area contributed by atoms with Crippen molar-refractivity contribution in [3.05, 3.63) is 0 Å². The Balaban J connectivity index is 2.38. The maximum atomic E-state index is 5.29. The molecule has 1 saturated carbocycles. The zero-order valence-corrected chi connectivity index (χ0v) is 9.72. The van der Waals surface area contributed by atoms with Crippen LogP contribution < -0.4 is 5.32 Å². The Morgan fingerprint density at radius 2 is 1.86 bits per heavy atom. The summed E-state index contributed by atoms with van der Waals surface area (Å²) in [5.41, 5.74) is 0. The van der Waals surface area contributed by atoms with Crippen molar-refractivity contribution in [3.63, 3.8) is 0 Å². The van der Waals surface area contributed by atoms with Gasteiger partial charge >= 0.3 is 0 Å². The Morgan fingerprint density at radius 3 is 2.36 bits per heavy atom. The fourth-order valence-electron chi connectivity index (χ4n) is 2.52. The second kappa shape index (κ2) is 7.24. The minimum atomic E-state index is 0.586. The van der Waals surface area contributed by atoms with Crippen LogP contribution in [0.25, 0.3) is 0 Å². The molecule has 0 aromatic heterocycles. The van der Waals surface area contributed by atoms with E-state index >= 15 is 0 Å². The van der Waals surface area contributed by atoms with Crippen LogP contribution >= 0.6 is 0 Å². The van der Waals surface area contributed by atoms with Crippen LogP contribution in [0.5, 0.6) is 0 Å². The molecular formula is C12H25NO. The average Bonchev–Trinajstić information content (AvgIpc) is 2.45. The summed E-state index contributed by atoms with van der Waals surface area (Å²) in [6, 6.07) is 0.586. The number of hydrogen-bond donors (Lipinski definition) is 1. The van der Waals surface area contributed by atoms with Crippen LogP contribution in [0.1, 0.15) is 45.4 Å². The van der Waals surface area contributed by atoms with E-state index in [1.807, 2.05) is 0 Å². The first-order valence-electron chi connectivity index (χ1n) is 6.10. The van der Waals surface area contributed by atoms with E-state index in [9.17, 15) is 0 Å². The van der Waals surface area contributed by atoms with Crippen LogP contribution in [0.3, 0.4) is 0 Å². The smallest absolute Gasteiger partial charge is 0.0618 e. The van der Waals surface area contributed by atoms with E-state index in [0.717, 1.165) is 19.1 Å². The summed E-state index contributed by atoms with van der Waals surface area (Å²) in [5, 5.41) is 3.56. The summed E-state index contributed by atoms with van der Waals surface area (Å²) in [5.74, 6) is 0.845.